The first kappa shape index (κ1) is 17.5. The third kappa shape index (κ3) is 3.27. The van der Waals surface area contributed by atoms with Crippen LogP contribution >= 0.6 is 0 Å². The molecule has 0 bridgehead atoms. The van der Waals surface area contributed by atoms with Gasteiger partial charge in [-0.1, -0.05) is 30.3 Å². The fourth-order valence-corrected chi connectivity index (χ4v) is 4.85. The summed E-state index contributed by atoms with van der Waals surface area (Å²) < 4.78 is 33.4. The Morgan fingerprint density at radius 3 is 2.56 bits per heavy atom. The topological polar surface area (TPSA) is 71.5 Å². The number of sulfonamides is 1. The fourth-order valence-electron chi connectivity index (χ4n) is 3.17. The maximum absolute atomic E-state index is 13.4. The van der Waals surface area contributed by atoms with Crippen LogP contribution in [0.1, 0.15) is 17.3 Å². The summed E-state index contributed by atoms with van der Waals surface area (Å²) in [5.41, 5.74) is 2.25. The molecule has 27 heavy (non-hydrogen) atoms. The van der Waals surface area contributed by atoms with E-state index in [1.54, 1.807) is 43.8 Å². The highest BCUT2D eigenvalue weighted by atomic mass is 32.2. The lowest BCUT2D eigenvalue weighted by atomic mass is 10.1. The van der Waals surface area contributed by atoms with Gasteiger partial charge in [0.2, 0.25) is 10.0 Å². The highest BCUT2D eigenvalue weighted by molar-refractivity contribution is 7.89. The molecule has 0 radical (unpaired) electrons. The van der Waals surface area contributed by atoms with Crippen LogP contribution in [0.2, 0.25) is 0 Å². The first-order valence-corrected chi connectivity index (χ1v) is 9.94. The lowest BCUT2D eigenvalue weighted by Gasteiger charge is -2.37. The number of ether oxygens (including phenoxy) is 1. The standard InChI is InChI=1S/C20H19N3O3S/c1-26-17-10-8-15(9-11-17)14-23-20(16-5-4-12-21-13-16)22-18-6-2-3-7-19(18)27(23,24)25/h2-13,20,22H,14H2,1H3. The van der Waals surface area contributed by atoms with Crippen LogP contribution in [-0.2, 0) is 16.6 Å². The van der Waals surface area contributed by atoms with Gasteiger partial charge in [-0.2, -0.15) is 4.31 Å². The van der Waals surface area contributed by atoms with Gasteiger partial charge in [0.15, 0.2) is 0 Å². The Labute approximate surface area is 158 Å². The number of fused-ring (bicyclic) bond motifs is 1. The molecule has 0 amide bonds. The Bertz CT molecular complexity index is 1040. The Kier molecular flexibility index (Phi) is 4.55. The van der Waals surface area contributed by atoms with Gasteiger partial charge in [-0.15, -0.1) is 0 Å². The minimum atomic E-state index is -3.68. The molecule has 6 nitrogen and oxygen atoms in total. The number of nitrogens with zero attached hydrogens (tertiary/aromatic N) is 2. The molecule has 138 valence electrons. The van der Waals surface area contributed by atoms with Crippen molar-refractivity contribution in [2.24, 2.45) is 0 Å². The number of anilines is 1. The zero-order chi connectivity index (χ0) is 18.9. The molecule has 1 aliphatic rings. The van der Waals surface area contributed by atoms with Crippen LogP contribution in [0.5, 0.6) is 5.75 Å². The molecule has 1 N–H and O–H groups in total. The third-order valence-electron chi connectivity index (χ3n) is 4.55. The fraction of sp³-hybridized carbons (Fsp3) is 0.150. The number of hydrogen-bond donors (Lipinski definition) is 1. The zero-order valence-electron chi connectivity index (χ0n) is 14.7. The summed E-state index contributed by atoms with van der Waals surface area (Å²) in [5, 5.41) is 3.34. The minimum absolute atomic E-state index is 0.229. The molecule has 1 atom stereocenters. The van der Waals surface area contributed by atoms with Crippen molar-refractivity contribution in [2.75, 3.05) is 12.4 Å². The second-order valence-electron chi connectivity index (χ2n) is 6.23. The van der Waals surface area contributed by atoms with Gasteiger partial charge in [0.05, 0.1) is 12.8 Å². The molecular formula is C20H19N3O3S. The molecule has 2 heterocycles. The number of hydrogen-bond acceptors (Lipinski definition) is 5. The van der Waals surface area contributed by atoms with Crippen molar-refractivity contribution in [3.8, 4) is 5.75 Å². The molecule has 1 aliphatic heterocycles. The van der Waals surface area contributed by atoms with Crippen LogP contribution < -0.4 is 10.1 Å². The van der Waals surface area contributed by atoms with Crippen LogP contribution in [0.25, 0.3) is 0 Å². The second-order valence-corrected chi connectivity index (χ2v) is 8.09. The van der Waals surface area contributed by atoms with Gasteiger partial charge in [0, 0.05) is 24.5 Å². The largest absolute Gasteiger partial charge is 0.497 e. The SMILES string of the molecule is COc1ccc(CN2C(c3cccnc3)Nc3ccccc3S2(=O)=O)cc1. The maximum Gasteiger partial charge on any atom is 0.247 e. The second kappa shape index (κ2) is 7.02. The molecule has 4 rings (SSSR count). The van der Waals surface area contributed by atoms with Gasteiger partial charge in [0.1, 0.15) is 16.8 Å². The first-order valence-electron chi connectivity index (χ1n) is 8.50. The average molecular weight is 381 g/mol. The Hall–Kier alpha value is -2.90. The normalized spacial score (nSPS) is 18.3. The van der Waals surface area contributed by atoms with Crippen molar-refractivity contribution in [2.45, 2.75) is 17.6 Å². The minimum Gasteiger partial charge on any atom is -0.497 e. The van der Waals surface area contributed by atoms with Crippen molar-refractivity contribution in [3.05, 3.63) is 84.2 Å². The quantitative estimate of drug-likeness (QED) is 0.750. The summed E-state index contributed by atoms with van der Waals surface area (Å²) in [6.45, 7) is 0.229. The van der Waals surface area contributed by atoms with Gasteiger partial charge in [-0.05, 0) is 35.9 Å². The molecule has 1 unspecified atom stereocenters. The van der Waals surface area contributed by atoms with Gasteiger partial charge in [-0.25, -0.2) is 8.42 Å². The van der Waals surface area contributed by atoms with E-state index in [-0.39, 0.29) is 11.4 Å². The lowest BCUT2D eigenvalue weighted by molar-refractivity contribution is 0.335. The maximum atomic E-state index is 13.4. The number of methoxy groups -OCH3 is 1. The number of rotatable bonds is 4. The first-order chi connectivity index (χ1) is 13.1. The predicted molar refractivity (Wildman–Crippen MR) is 103 cm³/mol. The molecule has 3 aromatic rings. The van der Waals surface area contributed by atoms with Crippen molar-refractivity contribution >= 4 is 15.7 Å². The lowest BCUT2D eigenvalue weighted by Crippen LogP contribution is -2.42. The van der Waals surface area contributed by atoms with E-state index < -0.39 is 16.2 Å². The molecule has 7 heteroatoms. The van der Waals surface area contributed by atoms with E-state index in [0.717, 1.165) is 16.9 Å². The van der Waals surface area contributed by atoms with Crippen molar-refractivity contribution < 1.29 is 13.2 Å². The van der Waals surface area contributed by atoms with E-state index >= 15 is 0 Å². The zero-order valence-corrected chi connectivity index (χ0v) is 15.6. The van der Waals surface area contributed by atoms with E-state index in [1.807, 2.05) is 36.4 Å². The number of para-hydroxylation sites is 1. The molecule has 0 spiro atoms. The van der Waals surface area contributed by atoms with E-state index in [4.69, 9.17) is 4.74 Å². The van der Waals surface area contributed by atoms with Crippen LogP contribution in [0, 0.1) is 0 Å². The van der Waals surface area contributed by atoms with Crippen molar-refractivity contribution in [1.82, 2.24) is 9.29 Å². The van der Waals surface area contributed by atoms with Crippen molar-refractivity contribution in [1.29, 1.82) is 0 Å². The molecule has 0 saturated heterocycles. The molecular weight excluding hydrogens is 362 g/mol. The summed E-state index contributed by atoms with van der Waals surface area (Å²) in [4.78, 5) is 4.43. The highest BCUT2D eigenvalue weighted by Crippen LogP contribution is 2.38. The van der Waals surface area contributed by atoms with Gasteiger partial charge < -0.3 is 10.1 Å². The summed E-state index contributed by atoms with van der Waals surface area (Å²) in [6.07, 6.45) is 2.81. The summed E-state index contributed by atoms with van der Waals surface area (Å²) in [7, 11) is -2.08. The summed E-state index contributed by atoms with van der Waals surface area (Å²) in [5.74, 6) is 0.729. The van der Waals surface area contributed by atoms with Crippen LogP contribution in [0.15, 0.2) is 78.0 Å². The molecule has 0 aliphatic carbocycles. The van der Waals surface area contributed by atoms with Gasteiger partial charge in [-0.3, -0.25) is 4.98 Å². The average Bonchev–Trinajstić information content (AvgIpc) is 2.71. The smallest absolute Gasteiger partial charge is 0.247 e. The summed E-state index contributed by atoms with van der Waals surface area (Å²) >= 11 is 0. The van der Waals surface area contributed by atoms with E-state index in [9.17, 15) is 8.42 Å². The number of nitrogens with one attached hydrogen (secondary N) is 1. The predicted octanol–water partition coefficient (Wildman–Crippen LogP) is 3.41. The highest BCUT2D eigenvalue weighted by Gasteiger charge is 2.38. The monoisotopic (exact) mass is 381 g/mol. The number of pyridine rings is 1. The van der Waals surface area contributed by atoms with Gasteiger partial charge in [0.25, 0.3) is 0 Å². The van der Waals surface area contributed by atoms with Gasteiger partial charge >= 0.3 is 0 Å². The van der Waals surface area contributed by atoms with E-state index in [1.165, 1.54) is 4.31 Å². The molecule has 0 fully saturated rings. The summed E-state index contributed by atoms with van der Waals surface area (Å²) in [6, 6.07) is 18.0. The number of benzene rings is 2. The van der Waals surface area contributed by atoms with Crippen LogP contribution in [-0.4, -0.2) is 24.8 Å². The Balaban J connectivity index is 1.78. The molecule has 1 aromatic heterocycles. The number of aromatic nitrogens is 1. The van der Waals surface area contributed by atoms with Crippen molar-refractivity contribution in [3.63, 3.8) is 0 Å². The molecule has 0 saturated carbocycles. The Morgan fingerprint density at radius 1 is 1.07 bits per heavy atom. The Morgan fingerprint density at radius 2 is 1.85 bits per heavy atom. The van der Waals surface area contributed by atoms with Crippen LogP contribution in [0.3, 0.4) is 0 Å². The third-order valence-corrected chi connectivity index (χ3v) is 6.42. The van der Waals surface area contributed by atoms with Crippen LogP contribution in [0.4, 0.5) is 5.69 Å². The molecule has 2 aromatic carbocycles. The van der Waals surface area contributed by atoms with E-state index in [0.29, 0.717) is 5.69 Å². The van der Waals surface area contributed by atoms with E-state index in [2.05, 4.69) is 10.3 Å².